The molecule has 0 heterocycles. The number of hydrogen-bond donors (Lipinski definition) is 5. The monoisotopic (exact) mass is 282 g/mol. The Morgan fingerprint density at radius 1 is 1.10 bits per heavy atom. The number of aliphatic hydroxyl groups is 3. The average Bonchev–Trinajstić information content (AvgIpc) is 2.49. The predicted octanol–water partition coefficient (Wildman–Crippen LogP) is -1.51. The molecule has 7 heteroatoms. The molecule has 0 aliphatic heterocycles. The molecular formula is C13H18N2O5. The Balaban J connectivity index is 2.67. The normalized spacial score (nSPS) is 11.8. The maximum absolute atomic E-state index is 11.8. The van der Waals surface area contributed by atoms with Gasteiger partial charge in [0.1, 0.15) is 0 Å². The molecule has 0 aliphatic rings. The van der Waals surface area contributed by atoms with Gasteiger partial charge in [0, 0.05) is 24.2 Å². The zero-order chi connectivity index (χ0) is 15.0. The van der Waals surface area contributed by atoms with E-state index >= 15 is 0 Å². The first-order chi connectivity index (χ1) is 9.58. The van der Waals surface area contributed by atoms with Crippen LogP contribution in [0.3, 0.4) is 0 Å². The van der Waals surface area contributed by atoms with Crippen molar-refractivity contribution in [3.05, 3.63) is 35.4 Å². The van der Waals surface area contributed by atoms with Crippen LogP contribution in [0.2, 0.25) is 0 Å². The van der Waals surface area contributed by atoms with Gasteiger partial charge in [0.2, 0.25) is 0 Å². The third-order valence-electron chi connectivity index (χ3n) is 2.49. The number of benzene rings is 1. The molecule has 1 rings (SSSR count). The highest BCUT2D eigenvalue weighted by Crippen LogP contribution is 2.05. The van der Waals surface area contributed by atoms with E-state index in [0.717, 1.165) is 0 Å². The van der Waals surface area contributed by atoms with Crippen molar-refractivity contribution < 1.29 is 24.9 Å². The van der Waals surface area contributed by atoms with Crippen molar-refractivity contribution >= 4 is 11.8 Å². The van der Waals surface area contributed by atoms with Crippen LogP contribution < -0.4 is 10.6 Å². The van der Waals surface area contributed by atoms with Crippen molar-refractivity contribution in [1.82, 2.24) is 10.6 Å². The fourth-order valence-electron chi connectivity index (χ4n) is 1.45. The number of nitrogens with one attached hydrogen (secondary N) is 2. The molecule has 7 nitrogen and oxygen atoms in total. The second-order valence-corrected chi connectivity index (χ2v) is 4.11. The number of aliphatic hydroxyl groups excluding tert-OH is 3. The molecular weight excluding hydrogens is 264 g/mol. The minimum absolute atomic E-state index is 0.0731. The van der Waals surface area contributed by atoms with Crippen LogP contribution in [0, 0.1) is 0 Å². The lowest BCUT2D eigenvalue weighted by Gasteiger charge is -2.10. The zero-order valence-electron chi connectivity index (χ0n) is 10.9. The largest absolute Gasteiger partial charge is 0.395 e. The summed E-state index contributed by atoms with van der Waals surface area (Å²) in [6.45, 7) is -0.539. The number of rotatable bonds is 7. The van der Waals surface area contributed by atoms with E-state index in [-0.39, 0.29) is 31.2 Å². The fraction of sp³-hybridized carbons (Fsp3) is 0.385. The quantitative estimate of drug-likeness (QED) is 0.417. The second-order valence-electron chi connectivity index (χ2n) is 4.11. The topological polar surface area (TPSA) is 119 Å². The van der Waals surface area contributed by atoms with Gasteiger partial charge in [0.05, 0.1) is 19.3 Å². The fourth-order valence-corrected chi connectivity index (χ4v) is 1.45. The first kappa shape index (κ1) is 16.1. The summed E-state index contributed by atoms with van der Waals surface area (Å²) < 4.78 is 0. The summed E-state index contributed by atoms with van der Waals surface area (Å²) in [6, 6.07) is 6.05. The van der Waals surface area contributed by atoms with Crippen molar-refractivity contribution in [2.75, 3.05) is 26.3 Å². The Hall–Kier alpha value is -1.96. The molecule has 20 heavy (non-hydrogen) atoms. The van der Waals surface area contributed by atoms with Gasteiger partial charge in [-0.15, -0.1) is 0 Å². The van der Waals surface area contributed by atoms with Crippen molar-refractivity contribution in [1.29, 1.82) is 0 Å². The van der Waals surface area contributed by atoms with Crippen LogP contribution >= 0.6 is 0 Å². The number of amides is 2. The van der Waals surface area contributed by atoms with Gasteiger partial charge in [-0.05, 0) is 18.2 Å². The van der Waals surface area contributed by atoms with Crippen LogP contribution in [0.1, 0.15) is 20.7 Å². The molecule has 0 saturated heterocycles. The van der Waals surface area contributed by atoms with Crippen LogP contribution in [0.5, 0.6) is 0 Å². The summed E-state index contributed by atoms with van der Waals surface area (Å²) in [6.07, 6.45) is -1.02. The summed E-state index contributed by atoms with van der Waals surface area (Å²) in [5.41, 5.74) is 0.570. The number of carbonyl (C=O) groups is 2. The molecule has 0 aromatic heterocycles. The summed E-state index contributed by atoms with van der Waals surface area (Å²) in [5.74, 6) is -0.835. The maximum Gasteiger partial charge on any atom is 0.251 e. The van der Waals surface area contributed by atoms with Gasteiger partial charge in [-0.25, -0.2) is 0 Å². The van der Waals surface area contributed by atoms with E-state index < -0.39 is 18.6 Å². The molecule has 0 aliphatic carbocycles. The second kappa shape index (κ2) is 8.26. The highest BCUT2D eigenvalue weighted by molar-refractivity contribution is 5.99. The van der Waals surface area contributed by atoms with E-state index in [1.165, 1.54) is 12.1 Å². The standard InChI is InChI=1S/C13H18N2O5/c16-5-4-14-12(19)9-2-1-3-10(6-9)13(20)15-7-11(18)8-17/h1-3,6,11,16-18H,4-5,7-8H2,(H,14,19)(H,15,20). The minimum Gasteiger partial charge on any atom is -0.395 e. The van der Waals surface area contributed by atoms with Gasteiger partial charge < -0.3 is 26.0 Å². The van der Waals surface area contributed by atoms with Crippen molar-refractivity contribution in [2.24, 2.45) is 0 Å². The maximum atomic E-state index is 11.8. The smallest absolute Gasteiger partial charge is 0.251 e. The number of hydrogen-bond acceptors (Lipinski definition) is 5. The summed E-state index contributed by atoms with van der Waals surface area (Å²) in [5, 5.41) is 31.3. The molecule has 0 bridgehead atoms. The van der Waals surface area contributed by atoms with Gasteiger partial charge >= 0.3 is 0 Å². The molecule has 0 radical (unpaired) electrons. The lowest BCUT2D eigenvalue weighted by atomic mass is 10.1. The molecule has 1 unspecified atom stereocenters. The van der Waals surface area contributed by atoms with Gasteiger partial charge in [-0.1, -0.05) is 6.07 Å². The van der Waals surface area contributed by atoms with Gasteiger partial charge in [-0.3, -0.25) is 9.59 Å². The Bertz CT molecular complexity index is 464. The zero-order valence-corrected chi connectivity index (χ0v) is 10.9. The lowest BCUT2D eigenvalue weighted by molar-refractivity contribution is 0.0802. The first-order valence-electron chi connectivity index (χ1n) is 6.14. The van der Waals surface area contributed by atoms with E-state index in [4.69, 9.17) is 15.3 Å². The molecule has 0 spiro atoms. The van der Waals surface area contributed by atoms with Crippen molar-refractivity contribution in [3.63, 3.8) is 0 Å². The Morgan fingerprint density at radius 2 is 1.70 bits per heavy atom. The van der Waals surface area contributed by atoms with E-state index in [2.05, 4.69) is 10.6 Å². The van der Waals surface area contributed by atoms with Gasteiger partial charge in [0.25, 0.3) is 11.8 Å². The van der Waals surface area contributed by atoms with E-state index in [1.54, 1.807) is 12.1 Å². The van der Waals surface area contributed by atoms with Crippen LogP contribution in [-0.2, 0) is 0 Å². The molecule has 5 N–H and O–H groups in total. The van der Waals surface area contributed by atoms with Crippen molar-refractivity contribution in [3.8, 4) is 0 Å². The Labute approximate surface area is 116 Å². The lowest BCUT2D eigenvalue weighted by Crippen LogP contribution is -2.34. The van der Waals surface area contributed by atoms with E-state index in [0.29, 0.717) is 5.56 Å². The highest BCUT2D eigenvalue weighted by atomic mass is 16.3. The molecule has 0 saturated carbocycles. The van der Waals surface area contributed by atoms with Crippen LogP contribution in [0.25, 0.3) is 0 Å². The Kier molecular flexibility index (Phi) is 6.65. The van der Waals surface area contributed by atoms with Crippen LogP contribution in [0.15, 0.2) is 24.3 Å². The number of carbonyl (C=O) groups excluding carboxylic acids is 2. The van der Waals surface area contributed by atoms with Gasteiger partial charge in [-0.2, -0.15) is 0 Å². The summed E-state index contributed by atoms with van der Waals surface area (Å²) in [4.78, 5) is 23.4. The third-order valence-corrected chi connectivity index (χ3v) is 2.49. The molecule has 0 fully saturated rings. The predicted molar refractivity (Wildman–Crippen MR) is 71.3 cm³/mol. The highest BCUT2D eigenvalue weighted by Gasteiger charge is 2.11. The summed E-state index contributed by atoms with van der Waals surface area (Å²) in [7, 11) is 0. The minimum atomic E-state index is -1.02. The average molecular weight is 282 g/mol. The van der Waals surface area contributed by atoms with E-state index in [1.807, 2.05) is 0 Å². The molecule has 1 aromatic carbocycles. The van der Waals surface area contributed by atoms with Gasteiger partial charge in [0.15, 0.2) is 0 Å². The van der Waals surface area contributed by atoms with Crippen molar-refractivity contribution in [2.45, 2.75) is 6.10 Å². The molecule has 110 valence electrons. The van der Waals surface area contributed by atoms with Crippen LogP contribution in [-0.4, -0.2) is 59.5 Å². The van der Waals surface area contributed by atoms with E-state index in [9.17, 15) is 9.59 Å². The molecule has 2 amide bonds. The Morgan fingerprint density at radius 3 is 2.25 bits per heavy atom. The first-order valence-corrected chi connectivity index (χ1v) is 6.14. The summed E-state index contributed by atoms with van der Waals surface area (Å²) >= 11 is 0. The molecule has 1 aromatic rings. The third kappa shape index (κ3) is 4.96. The van der Waals surface area contributed by atoms with Crippen LogP contribution in [0.4, 0.5) is 0 Å². The molecule has 1 atom stereocenters. The SMILES string of the molecule is O=C(NCCO)c1cccc(C(=O)NCC(O)CO)c1.